The molecule has 0 N–H and O–H groups in total. The van der Waals surface area contributed by atoms with Gasteiger partial charge in [-0.3, -0.25) is 4.79 Å². The fourth-order valence-corrected chi connectivity index (χ4v) is 2.89. The van der Waals surface area contributed by atoms with Crippen LogP contribution >= 0.6 is 0 Å². The van der Waals surface area contributed by atoms with E-state index in [2.05, 4.69) is 0 Å². The SMILES string of the molecule is COc1ccc(COc2c(C3OCCO3)ccc(OC(=O)C3CC3)c2F)cc1. The molecule has 0 amide bonds. The summed E-state index contributed by atoms with van der Waals surface area (Å²) < 4.78 is 42.2. The van der Waals surface area contributed by atoms with Gasteiger partial charge < -0.3 is 23.7 Å². The van der Waals surface area contributed by atoms with Crippen LogP contribution in [0.3, 0.4) is 0 Å². The number of methoxy groups -OCH3 is 1. The second kappa shape index (κ2) is 8.16. The van der Waals surface area contributed by atoms with Crippen molar-refractivity contribution in [1.82, 2.24) is 0 Å². The first-order valence-electron chi connectivity index (χ1n) is 9.18. The molecule has 4 rings (SSSR count). The molecule has 1 saturated heterocycles. The lowest BCUT2D eigenvalue weighted by Crippen LogP contribution is -2.13. The molecular weight excluding hydrogens is 367 g/mol. The summed E-state index contributed by atoms with van der Waals surface area (Å²) in [5.41, 5.74) is 1.26. The van der Waals surface area contributed by atoms with Crippen molar-refractivity contribution < 1.29 is 32.9 Å². The van der Waals surface area contributed by atoms with Gasteiger partial charge in [0.25, 0.3) is 0 Å². The molecule has 0 unspecified atom stereocenters. The maximum absolute atomic E-state index is 15.1. The van der Waals surface area contributed by atoms with Crippen LogP contribution in [0.5, 0.6) is 17.2 Å². The van der Waals surface area contributed by atoms with E-state index in [4.69, 9.17) is 23.7 Å². The molecule has 0 aromatic heterocycles. The number of hydrogen-bond donors (Lipinski definition) is 0. The van der Waals surface area contributed by atoms with Crippen molar-refractivity contribution >= 4 is 5.97 Å². The summed E-state index contributed by atoms with van der Waals surface area (Å²) in [6.45, 7) is 0.964. The molecule has 0 bridgehead atoms. The highest BCUT2D eigenvalue weighted by atomic mass is 19.1. The molecule has 2 fully saturated rings. The predicted octanol–water partition coefficient (Wildman–Crippen LogP) is 3.77. The number of halogens is 1. The number of esters is 1. The summed E-state index contributed by atoms with van der Waals surface area (Å²) in [6, 6.07) is 10.3. The van der Waals surface area contributed by atoms with Gasteiger partial charge in [-0.2, -0.15) is 4.39 Å². The lowest BCUT2D eigenvalue weighted by Gasteiger charge is -2.18. The molecule has 1 aliphatic heterocycles. The average Bonchev–Trinajstić information content (AvgIpc) is 3.44. The third kappa shape index (κ3) is 4.10. The Balaban J connectivity index is 1.57. The van der Waals surface area contributed by atoms with Crippen LogP contribution in [-0.4, -0.2) is 26.3 Å². The van der Waals surface area contributed by atoms with Crippen molar-refractivity contribution in [2.75, 3.05) is 20.3 Å². The van der Waals surface area contributed by atoms with Crippen LogP contribution < -0.4 is 14.2 Å². The molecule has 2 aliphatic rings. The minimum Gasteiger partial charge on any atom is -0.497 e. The molecule has 7 heteroatoms. The van der Waals surface area contributed by atoms with Crippen LogP contribution in [0.25, 0.3) is 0 Å². The van der Waals surface area contributed by atoms with Crippen LogP contribution in [0.15, 0.2) is 36.4 Å². The number of benzene rings is 2. The van der Waals surface area contributed by atoms with Crippen LogP contribution in [0.1, 0.15) is 30.3 Å². The Morgan fingerprint density at radius 3 is 2.46 bits per heavy atom. The molecule has 1 saturated carbocycles. The van der Waals surface area contributed by atoms with E-state index in [-0.39, 0.29) is 24.0 Å². The molecule has 0 radical (unpaired) electrons. The van der Waals surface area contributed by atoms with E-state index in [9.17, 15) is 4.79 Å². The Morgan fingerprint density at radius 1 is 1.11 bits per heavy atom. The Hall–Kier alpha value is -2.64. The van der Waals surface area contributed by atoms with Gasteiger partial charge in [0.15, 0.2) is 17.8 Å². The molecule has 0 atom stereocenters. The quantitative estimate of drug-likeness (QED) is 0.531. The zero-order valence-corrected chi connectivity index (χ0v) is 15.5. The lowest BCUT2D eigenvalue weighted by molar-refractivity contribution is -0.136. The maximum atomic E-state index is 15.1. The number of hydrogen-bond acceptors (Lipinski definition) is 6. The second-order valence-electron chi connectivity index (χ2n) is 6.70. The first-order valence-corrected chi connectivity index (χ1v) is 9.18. The zero-order chi connectivity index (χ0) is 19.5. The minimum absolute atomic E-state index is 0.0381. The number of rotatable bonds is 7. The highest BCUT2D eigenvalue weighted by Crippen LogP contribution is 2.39. The summed E-state index contributed by atoms with van der Waals surface area (Å²) in [5, 5.41) is 0. The fraction of sp³-hybridized carbons (Fsp3) is 0.381. The molecular formula is C21H21FO6. The number of ether oxygens (including phenoxy) is 5. The van der Waals surface area contributed by atoms with Gasteiger partial charge >= 0.3 is 5.97 Å². The Kier molecular flexibility index (Phi) is 5.45. The highest BCUT2D eigenvalue weighted by molar-refractivity contribution is 5.77. The minimum atomic E-state index is -0.737. The lowest BCUT2D eigenvalue weighted by atomic mass is 10.1. The first-order chi connectivity index (χ1) is 13.7. The topological polar surface area (TPSA) is 63.2 Å². The van der Waals surface area contributed by atoms with Crippen molar-refractivity contribution in [3.05, 3.63) is 53.3 Å². The van der Waals surface area contributed by atoms with Crippen molar-refractivity contribution in [1.29, 1.82) is 0 Å². The summed E-state index contributed by atoms with van der Waals surface area (Å²) in [6.07, 6.45) is 0.847. The summed E-state index contributed by atoms with van der Waals surface area (Å²) in [7, 11) is 1.59. The molecule has 2 aromatic carbocycles. The van der Waals surface area contributed by atoms with Crippen molar-refractivity contribution in [3.8, 4) is 17.2 Å². The monoisotopic (exact) mass is 388 g/mol. The zero-order valence-electron chi connectivity index (χ0n) is 15.5. The highest BCUT2D eigenvalue weighted by Gasteiger charge is 2.33. The Labute approximate surface area is 162 Å². The summed E-state index contributed by atoms with van der Waals surface area (Å²) in [5.74, 6) is -0.756. The standard InChI is InChI=1S/C21H21FO6/c1-24-15-6-2-13(3-7-15)12-27-19-16(21-25-10-11-26-21)8-9-17(18(19)22)28-20(23)14-4-5-14/h2-3,6-9,14,21H,4-5,10-12H2,1H3. The molecule has 0 spiro atoms. The number of carbonyl (C=O) groups is 1. The van der Waals surface area contributed by atoms with Crippen molar-refractivity contribution in [3.63, 3.8) is 0 Å². The molecule has 1 heterocycles. The van der Waals surface area contributed by atoms with E-state index in [1.54, 1.807) is 25.3 Å². The van der Waals surface area contributed by atoms with Gasteiger partial charge in [0.2, 0.25) is 5.82 Å². The Morgan fingerprint density at radius 2 is 1.82 bits per heavy atom. The van der Waals surface area contributed by atoms with Gasteiger partial charge in [0, 0.05) is 0 Å². The molecule has 28 heavy (non-hydrogen) atoms. The normalized spacial score (nSPS) is 16.8. The second-order valence-corrected chi connectivity index (χ2v) is 6.70. The van der Waals surface area contributed by atoms with Gasteiger partial charge in [0.1, 0.15) is 12.4 Å². The first kappa shape index (κ1) is 18.7. The van der Waals surface area contributed by atoms with Crippen molar-refractivity contribution in [2.24, 2.45) is 5.92 Å². The largest absolute Gasteiger partial charge is 0.497 e. The molecule has 6 nitrogen and oxygen atoms in total. The van der Waals surface area contributed by atoms with Gasteiger partial charge in [-0.1, -0.05) is 12.1 Å². The average molecular weight is 388 g/mol. The van der Waals surface area contributed by atoms with Crippen LogP contribution in [0.2, 0.25) is 0 Å². The predicted molar refractivity (Wildman–Crippen MR) is 96.7 cm³/mol. The third-order valence-corrected chi connectivity index (χ3v) is 4.63. The maximum Gasteiger partial charge on any atom is 0.314 e. The van der Waals surface area contributed by atoms with E-state index in [0.29, 0.717) is 18.8 Å². The van der Waals surface area contributed by atoms with E-state index >= 15 is 4.39 Å². The summed E-state index contributed by atoms with van der Waals surface area (Å²) in [4.78, 5) is 11.9. The molecule has 2 aromatic rings. The summed E-state index contributed by atoms with van der Waals surface area (Å²) >= 11 is 0. The van der Waals surface area contributed by atoms with Gasteiger partial charge in [0.05, 0.1) is 31.8 Å². The molecule has 1 aliphatic carbocycles. The van der Waals surface area contributed by atoms with E-state index in [0.717, 1.165) is 24.2 Å². The third-order valence-electron chi connectivity index (χ3n) is 4.63. The van der Waals surface area contributed by atoms with E-state index < -0.39 is 18.1 Å². The Bertz CT molecular complexity index is 841. The van der Waals surface area contributed by atoms with Gasteiger partial charge in [-0.25, -0.2) is 0 Å². The van der Waals surface area contributed by atoms with E-state index in [1.165, 1.54) is 6.07 Å². The van der Waals surface area contributed by atoms with Crippen molar-refractivity contribution in [2.45, 2.75) is 25.7 Å². The van der Waals surface area contributed by atoms with Crippen LogP contribution in [0.4, 0.5) is 4.39 Å². The smallest absolute Gasteiger partial charge is 0.314 e. The van der Waals surface area contributed by atoms with Gasteiger partial charge in [-0.15, -0.1) is 0 Å². The van der Waals surface area contributed by atoms with Crippen LogP contribution in [-0.2, 0) is 20.9 Å². The number of carbonyl (C=O) groups excluding carboxylic acids is 1. The van der Waals surface area contributed by atoms with Gasteiger partial charge in [-0.05, 0) is 42.7 Å². The fourth-order valence-electron chi connectivity index (χ4n) is 2.89. The van der Waals surface area contributed by atoms with E-state index in [1.807, 2.05) is 12.1 Å². The molecule has 148 valence electrons. The van der Waals surface area contributed by atoms with Crippen LogP contribution in [0, 0.1) is 11.7 Å².